The second kappa shape index (κ2) is 6.28. The Hall–Kier alpha value is -3.34. The number of rotatable bonds is 4. The highest BCUT2D eigenvalue weighted by atomic mass is 16.5. The van der Waals surface area contributed by atoms with Crippen molar-refractivity contribution in [3.8, 4) is 22.8 Å². The number of aryl methyl sites for hydroxylation is 1. The number of hydrogen-bond acceptors (Lipinski definition) is 4. The Morgan fingerprint density at radius 1 is 1.00 bits per heavy atom. The number of imidazole rings is 1. The number of fused-ring (bicyclic) bond motifs is 1. The van der Waals surface area contributed by atoms with Crippen molar-refractivity contribution in [2.75, 3.05) is 12.4 Å². The van der Waals surface area contributed by atoms with Crippen LogP contribution >= 0.6 is 0 Å². The molecule has 5 heteroatoms. The highest BCUT2D eigenvalue weighted by molar-refractivity contribution is 5.88. The molecule has 25 heavy (non-hydrogen) atoms. The van der Waals surface area contributed by atoms with Gasteiger partial charge >= 0.3 is 0 Å². The smallest absolute Gasteiger partial charge is 0.138 e. The van der Waals surface area contributed by atoms with Crippen LogP contribution < -0.4 is 10.1 Å². The number of nitrogens with zero attached hydrogens (tertiary/aromatic N) is 3. The van der Waals surface area contributed by atoms with Crippen molar-refractivity contribution in [3.05, 3.63) is 67.3 Å². The van der Waals surface area contributed by atoms with Gasteiger partial charge in [0.2, 0.25) is 0 Å². The van der Waals surface area contributed by atoms with Crippen molar-refractivity contribution in [1.29, 1.82) is 0 Å². The number of ether oxygens (including phenoxy) is 1. The summed E-state index contributed by atoms with van der Waals surface area (Å²) in [4.78, 5) is 8.88. The molecular formula is C20H18N4O. The summed E-state index contributed by atoms with van der Waals surface area (Å²) in [6.07, 6.45) is 5.55. The number of pyridine rings is 1. The Morgan fingerprint density at radius 3 is 2.56 bits per heavy atom. The third kappa shape index (κ3) is 3.04. The molecule has 5 nitrogen and oxygen atoms in total. The maximum Gasteiger partial charge on any atom is 0.138 e. The van der Waals surface area contributed by atoms with E-state index in [1.165, 1.54) is 0 Å². The topological polar surface area (TPSA) is 52.0 Å². The van der Waals surface area contributed by atoms with Crippen LogP contribution in [0.4, 0.5) is 5.69 Å². The van der Waals surface area contributed by atoms with E-state index in [0.717, 1.165) is 39.3 Å². The maximum atomic E-state index is 6.05. The van der Waals surface area contributed by atoms with Gasteiger partial charge in [0, 0.05) is 43.1 Å². The molecule has 2 aromatic carbocycles. The summed E-state index contributed by atoms with van der Waals surface area (Å²) < 4.78 is 7.99. The Morgan fingerprint density at radius 2 is 1.84 bits per heavy atom. The van der Waals surface area contributed by atoms with Crippen molar-refractivity contribution < 1.29 is 4.74 Å². The van der Waals surface area contributed by atoms with Gasteiger partial charge < -0.3 is 14.6 Å². The van der Waals surface area contributed by atoms with Gasteiger partial charge in [-0.1, -0.05) is 6.07 Å². The molecule has 0 spiro atoms. The van der Waals surface area contributed by atoms with Crippen molar-refractivity contribution in [3.63, 3.8) is 0 Å². The van der Waals surface area contributed by atoms with Gasteiger partial charge in [0.25, 0.3) is 0 Å². The minimum absolute atomic E-state index is 0.787. The fourth-order valence-electron chi connectivity index (χ4n) is 2.75. The summed E-state index contributed by atoms with van der Waals surface area (Å²) in [7, 11) is 3.85. The maximum absolute atomic E-state index is 6.05. The molecule has 0 saturated heterocycles. The van der Waals surface area contributed by atoms with E-state index in [9.17, 15) is 0 Å². The first-order chi connectivity index (χ1) is 12.2. The van der Waals surface area contributed by atoms with Gasteiger partial charge in [0.05, 0.1) is 17.5 Å². The van der Waals surface area contributed by atoms with Gasteiger partial charge in [-0.15, -0.1) is 0 Å². The Bertz CT molecular complexity index is 1020. The van der Waals surface area contributed by atoms with Gasteiger partial charge in [-0.3, -0.25) is 4.98 Å². The average molecular weight is 330 g/mol. The zero-order valence-corrected chi connectivity index (χ0v) is 14.1. The summed E-state index contributed by atoms with van der Waals surface area (Å²) in [5.41, 5.74) is 3.90. The van der Waals surface area contributed by atoms with Crippen LogP contribution in [-0.4, -0.2) is 21.6 Å². The lowest BCUT2D eigenvalue weighted by Crippen LogP contribution is -1.90. The monoisotopic (exact) mass is 330 g/mol. The van der Waals surface area contributed by atoms with E-state index in [1.54, 1.807) is 12.5 Å². The van der Waals surface area contributed by atoms with Crippen LogP contribution in [-0.2, 0) is 7.05 Å². The number of aromatic nitrogens is 3. The molecule has 0 fully saturated rings. The third-order valence-corrected chi connectivity index (χ3v) is 4.07. The van der Waals surface area contributed by atoms with Crippen LogP contribution in [0.25, 0.3) is 22.2 Å². The molecule has 2 aromatic heterocycles. The first kappa shape index (κ1) is 15.2. The SMILES string of the molecule is CNc1ccc(Oc2ccnc3cc(-c4cn(C)cn4)ccc23)cc1. The van der Waals surface area contributed by atoms with E-state index >= 15 is 0 Å². The summed E-state index contributed by atoms with van der Waals surface area (Å²) in [6.45, 7) is 0. The van der Waals surface area contributed by atoms with E-state index in [1.807, 2.05) is 73.4 Å². The standard InChI is InChI=1S/C20H18N4O/c1-21-15-4-6-16(7-5-15)25-20-9-10-22-18-11-14(3-8-17(18)20)19-12-24(2)13-23-19/h3-13,21H,1-2H3. The highest BCUT2D eigenvalue weighted by Gasteiger charge is 2.08. The lowest BCUT2D eigenvalue weighted by Gasteiger charge is -2.10. The fraction of sp³-hybridized carbons (Fsp3) is 0.100. The lowest BCUT2D eigenvalue weighted by molar-refractivity contribution is 0.488. The predicted molar refractivity (Wildman–Crippen MR) is 100 cm³/mol. The first-order valence-corrected chi connectivity index (χ1v) is 8.06. The van der Waals surface area contributed by atoms with E-state index in [0.29, 0.717) is 0 Å². The van der Waals surface area contributed by atoms with Gasteiger partial charge in [-0.25, -0.2) is 4.98 Å². The Balaban J connectivity index is 1.69. The molecule has 0 aliphatic carbocycles. The zero-order valence-electron chi connectivity index (χ0n) is 14.1. The van der Waals surface area contributed by atoms with E-state index in [-0.39, 0.29) is 0 Å². The minimum Gasteiger partial charge on any atom is -0.457 e. The largest absolute Gasteiger partial charge is 0.457 e. The molecule has 0 aliphatic heterocycles. The fourth-order valence-corrected chi connectivity index (χ4v) is 2.75. The predicted octanol–water partition coefficient (Wildman–Crippen LogP) is 4.47. The quantitative estimate of drug-likeness (QED) is 0.600. The molecule has 0 amide bonds. The highest BCUT2D eigenvalue weighted by Crippen LogP contribution is 2.31. The second-order valence-corrected chi connectivity index (χ2v) is 5.84. The molecule has 1 N–H and O–H groups in total. The molecular weight excluding hydrogens is 312 g/mol. The normalized spacial score (nSPS) is 10.8. The lowest BCUT2D eigenvalue weighted by atomic mass is 10.1. The molecule has 0 bridgehead atoms. The second-order valence-electron chi connectivity index (χ2n) is 5.84. The first-order valence-electron chi connectivity index (χ1n) is 8.06. The van der Waals surface area contributed by atoms with Crippen LogP contribution in [0.15, 0.2) is 67.3 Å². The van der Waals surface area contributed by atoms with Crippen LogP contribution in [0.3, 0.4) is 0 Å². The zero-order chi connectivity index (χ0) is 17.2. The molecule has 2 heterocycles. The Kier molecular flexibility index (Phi) is 3.82. The number of hydrogen-bond donors (Lipinski definition) is 1. The van der Waals surface area contributed by atoms with Crippen LogP contribution in [0.1, 0.15) is 0 Å². The molecule has 0 radical (unpaired) electrons. The number of nitrogens with one attached hydrogen (secondary N) is 1. The van der Waals surface area contributed by atoms with Gasteiger partial charge in [0.1, 0.15) is 11.5 Å². The van der Waals surface area contributed by atoms with E-state index < -0.39 is 0 Å². The number of anilines is 1. The van der Waals surface area contributed by atoms with Crippen LogP contribution in [0.5, 0.6) is 11.5 Å². The summed E-state index contributed by atoms with van der Waals surface area (Å²) >= 11 is 0. The average Bonchev–Trinajstić information content (AvgIpc) is 3.09. The van der Waals surface area contributed by atoms with Crippen molar-refractivity contribution in [2.45, 2.75) is 0 Å². The molecule has 124 valence electrons. The third-order valence-electron chi connectivity index (χ3n) is 4.07. The summed E-state index contributed by atoms with van der Waals surface area (Å²) in [6, 6.07) is 15.9. The molecule has 4 rings (SSSR count). The molecule has 0 atom stereocenters. The van der Waals surface area contributed by atoms with Crippen LogP contribution in [0.2, 0.25) is 0 Å². The van der Waals surface area contributed by atoms with Gasteiger partial charge in [-0.2, -0.15) is 0 Å². The minimum atomic E-state index is 0.787. The Labute approximate surface area is 145 Å². The summed E-state index contributed by atoms with van der Waals surface area (Å²) in [5, 5.41) is 4.07. The van der Waals surface area contributed by atoms with Gasteiger partial charge in [0.15, 0.2) is 0 Å². The van der Waals surface area contributed by atoms with Crippen LogP contribution in [0, 0.1) is 0 Å². The van der Waals surface area contributed by atoms with Crippen molar-refractivity contribution in [1.82, 2.24) is 14.5 Å². The van der Waals surface area contributed by atoms with Crippen molar-refractivity contribution >= 4 is 16.6 Å². The summed E-state index contributed by atoms with van der Waals surface area (Å²) in [5.74, 6) is 1.58. The molecule has 0 saturated carbocycles. The molecule has 0 unspecified atom stereocenters. The van der Waals surface area contributed by atoms with E-state index in [4.69, 9.17) is 4.74 Å². The van der Waals surface area contributed by atoms with E-state index in [2.05, 4.69) is 15.3 Å². The molecule has 0 aliphatic rings. The molecule has 4 aromatic rings. The number of benzene rings is 2. The van der Waals surface area contributed by atoms with Gasteiger partial charge in [-0.05, 0) is 42.5 Å². The van der Waals surface area contributed by atoms with Crippen molar-refractivity contribution in [2.24, 2.45) is 7.05 Å².